The SMILES string of the molecule is CC/C=C\C/C=C\C/C=C\C/C=C\C/C=C\CCCCCC(=O)OCC(COP(=O)(O)OCC(O)COP(=O)(O)OCC(COC(=O)C/C=C\C/C=C\C/C=C\C/C=C\C/C=C\CC)OC(=O)CCCCCCCCCCCCCCC)OC(=O)CCCCCCC/C=C\CCCC. The number of aliphatic hydroxyl groups is 1. The van der Waals surface area contributed by atoms with Crippen molar-refractivity contribution in [3.63, 3.8) is 0 Å². The summed E-state index contributed by atoms with van der Waals surface area (Å²) < 4.78 is 68.2. The van der Waals surface area contributed by atoms with Crippen molar-refractivity contribution in [2.45, 2.75) is 303 Å². The highest BCUT2D eigenvalue weighted by Crippen LogP contribution is 2.45. The molecule has 0 saturated carbocycles. The molecule has 0 aromatic rings. The Morgan fingerprint density at radius 1 is 0.306 bits per heavy atom. The average molecular weight is 1420 g/mol. The molecule has 0 heterocycles. The number of hydrogen-bond acceptors (Lipinski definition) is 15. The molecule has 0 aliphatic carbocycles. The van der Waals surface area contributed by atoms with Crippen LogP contribution in [0.3, 0.4) is 0 Å². The molecule has 560 valence electrons. The highest BCUT2D eigenvalue weighted by atomic mass is 31.2. The summed E-state index contributed by atoms with van der Waals surface area (Å²) in [5, 5.41) is 10.6. The van der Waals surface area contributed by atoms with Crippen molar-refractivity contribution in [1.82, 2.24) is 0 Å². The molecule has 0 aromatic heterocycles. The minimum Gasteiger partial charge on any atom is -0.462 e. The summed E-state index contributed by atoms with van der Waals surface area (Å²) in [6.07, 6.45) is 77.7. The van der Waals surface area contributed by atoms with Crippen LogP contribution in [0.15, 0.2) is 134 Å². The van der Waals surface area contributed by atoms with E-state index in [4.69, 9.17) is 37.0 Å². The van der Waals surface area contributed by atoms with Crippen LogP contribution >= 0.6 is 15.6 Å². The van der Waals surface area contributed by atoms with E-state index in [1.807, 2.05) is 18.2 Å². The smallest absolute Gasteiger partial charge is 0.462 e. The van der Waals surface area contributed by atoms with Gasteiger partial charge in [0.1, 0.15) is 19.3 Å². The monoisotopic (exact) mass is 1410 g/mol. The van der Waals surface area contributed by atoms with Gasteiger partial charge in [-0.25, -0.2) is 9.13 Å². The van der Waals surface area contributed by atoms with Crippen LogP contribution in [-0.2, 0) is 65.4 Å². The molecule has 0 aliphatic heterocycles. The normalized spacial score (nSPS) is 14.7. The molecule has 0 amide bonds. The number of carbonyl (C=O) groups excluding carboxylic acids is 4. The molecule has 0 saturated heterocycles. The third kappa shape index (κ3) is 69.7. The predicted molar refractivity (Wildman–Crippen MR) is 399 cm³/mol. The first-order chi connectivity index (χ1) is 47.7. The van der Waals surface area contributed by atoms with Gasteiger partial charge in [0.05, 0.1) is 32.8 Å². The van der Waals surface area contributed by atoms with Crippen molar-refractivity contribution in [2.75, 3.05) is 39.6 Å². The zero-order chi connectivity index (χ0) is 71.8. The molecule has 17 nitrogen and oxygen atoms in total. The van der Waals surface area contributed by atoms with E-state index in [1.165, 1.54) is 64.2 Å². The van der Waals surface area contributed by atoms with Crippen LogP contribution < -0.4 is 0 Å². The van der Waals surface area contributed by atoms with Gasteiger partial charge in [0.15, 0.2) is 12.2 Å². The van der Waals surface area contributed by atoms with Gasteiger partial charge in [0.25, 0.3) is 0 Å². The lowest BCUT2D eigenvalue weighted by molar-refractivity contribution is -0.161. The molecule has 0 radical (unpaired) electrons. The van der Waals surface area contributed by atoms with Crippen molar-refractivity contribution in [3.05, 3.63) is 134 Å². The Kier molecular flexibility index (Phi) is 67.2. The number of unbranched alkanes of at least 4 members (excludes halogenated alkanes) is 22. The molecule has 3 N–H and O–H groups in total. The van der Waals surface area contributed by atoms with Gasteiger partial charge in [-0.15, -0.1) is 0 Å². The third-order valence-electron chi connectivity index (χ3n) is 15.1. The molecular formula is C79H132O17P2. The number of carbonyl (C=O) groups is 4. The number of ether oxygens (including phenoxy) is 4. The number of esters is 4. The molecule has 0 bridgehead atoms. The molecule has 5 atom stereocenters. The number of hydrogen-bond donors (Lipinski definition) is 3. The molecule has 0 aliphatic rings. The van der Waals surface area contributed by atoms with Crippen LogP contribution in [0, 0.1) is 0 Å². The average Bonchev–Trinajstić information content (AvgIpc) is 1.00. The fourth-order valence-electron chi connectivity index (χ4n) is 9.48. The quantitative estimate of drug-likeness (QED) is 0.0169. The maximum atomic E-state index is 13.1. The maximum absolute atomic E-state index is 13.1. The molecule has 0 aromatic carbocycles. The van der Waals surface area contributed by atoms with E-state index < -0.39 is 97.5 Å². The predicted octanol–water partition coefficient (Wildman–Crippen LogP) is 21.3. The topological polar surface area (TPSA) is 237 Å². The summed E-state index contributed by atoms with van der Waals surface area (Å²) in [6, 6.07) is 0. The van der Waals surface area contributed by atoms with Gasteiger partial charge in [-0.2, -0.15) is 0 Å². The summed E-state index contributed by atoms with van der Waals surface area (Å²) in [4.78, 5) is 72.7. The van der Waals surface area contributed by atoms with Gasteiger partial charge in [-0.1, -0.05) is 277 Å². The molecule has 0 spiro atoms. The van der Waals surface area contributed by atoms with E-state index in [0.717, 1.165) is 141 Å². The Hall–Kier alpha value is -4.80. The van der Waals surface area contributed by atoms with Crippen LogP contribution in [-0.4, -0.2) is 96.7 Å². The Bertz CT molecular complexity index is 2380. The Morgan fingerprint density at radius 3 is 0.959 bits per heavy atom. The van der Waals surface area contributed by atoms with E-state index in [0.29, 0.717) is 25.7 Å². The number of aliphatic hydroxyl groups excluding tert-OH is 1. The Balaban J connectivity index is 5.40. The standard InChI is InChI=1S/C79H132O17P2/c1-5-9-13-17-21-25-29-32-34-35-36-37-39-42-45-48-52-56-60-64-77(82)89-69-74(95-78(83)65-61-57-53-49-43-28-24-20-16-12-8-4)71-93-97(85,86)91-67-73(80)68-92-98(87,88)94-72-75(96-79(84)66-62-58-54-50-46-40-31-27-23-19-15-11-7-3)70-90-76(81)63-59-55-51-47-44-41-38-33-30-26-22-18-14-10-6-2/h9-10,13-14,20-22,24-26,32-34,36-38,42,44-45,47,55,59,73-75,80H,5-8,11-12,15-19,23,27-31,35,39-41,43,46,48-54,56-58,60-72H2,1-4H3,(H,85,86)(H,87,88)/b13-9-,14-10-,24-20-,25-21-,26-22-,34-32-,37-36-,38-33-,45-42-,47-44-,59-55-. The minimum atomic E-state index is -4.99. The van der Waals surface area contributed by atoms with Gasteiger partial charge < -0.3 is 33.8 Å². The number of rotatable bonds is 69. The summed E-state index contributed by atoms with van der Waals surface area (Å²) in [5.74, 6) is -2.37. The van der Waals surface area contributed by atoms with Crippen molar-refractivity contribution >= 4 is 39.5 Å². The molecule has 19 heteroatoms. The van der Waals surface area contributed by atoms with E-state index in [-0.39, 0.29) is 25.7 Å². The van der Waals surface area contributed by atoms with E-state index in [2.05, 4.69) is 137 Å². The zero-order valence-electron chi connectivity index (χ0n) is 60.9. The fraction of sp³-hybridized carbons (Fsp3) is 0.671. The first kappa shape index (κ1) is 93.2. The molecular weight excluding hydrogens is 1280 g/mol. The minimum absolute atomic E-state index is 0.0717. The fourth-order valence-corrected chi connectivity index (χ4v) is 11.1. The van der Waals surface area contributed by atoms with Crippen molar-refractivity contribution in [2.24, 2.45) is 0 Å². The lowest BCUT2D eigenvalue weighted by Gasteiger charge is -2.21. The Morgan fingerprint density at radius 2 is 0.582 bits per heavy atom. The zero-order valence-corrected chi connectivity index (χ0v) is 62.7. The number of phosphoric ester groups is 2. The van der Waals surface area contributed by atoms with Crippen molar-refractivity contribution in [3.8, 4) is 0 Å². The molecule has 5 unspecified atom stereocenters. The van der Waals surface area contributed by atoms with Gasteiger partial charge >= 0.3 is 39.5 Å². The van der Waals surface area contributed by atoms with Crippen LogP contribution in [0.4, 0.5) is 0 Å². The molecule has 0 rings (SSSR count). The molecule has 98 heavy (non-hydrogen) atoms. The molecule has 0 fully saturated rings. The third-order valence-corrected chi connectivity index (χ3v) is 17.0. The van der Waals surface area contributed by atoms with Crippen molar-refractivity contribution in [1.29, 1.82) is 0 Å². The highest BCUT2D eigenvalue weighted by molar-refractivity contribution is 7.47. The highest BCUT2D eigenvalue weighted by Gasteiger charge is 2.30. The van der Waals surface area contributed by atoms with Gasteiger partial charge in [0, 0.05) is 19.3 Å². The van der Waals surface area contributed by atoms with Gasteiger partial charge in [-0.05, 0) is 116 Å². The lowest BCUT2D eigenvalue weighted by atomic mass is 10.0. The maximum Gasteiger partial charge on any atom is 0.472 e. The van der Waals surface area contributed by atoms with Crippen LogP contribution in [0.25, 0.3) is 0 Å². The van der Waals surface area contributed by atoms with E-state index >= 15 is 0 Å². The largest absolute Gasteiger partial charge is 0.472 e. The summed E-state index contributed by atoms with van der Waals surface area (Å²) in [7, 11) is -9.98. The van der Waals surface area contributed by atoms with Crippen LogP contribution in [0.5, 0.6) is 0 Å². The first-order valence-electron chi connectivity index (χ1n) is 37.4. The second kappa shape index (κ2) is 70.6. The van der Waals surface area contributed by atoms with E-state index in [1.54, 1.807) is 6.08 Å². The lowest BCUT2D eigenvalue weighted by Crippen LogP contribution is -2.30. The second-order valence-electron chi connectivity index (χ2n) is 24.5. The summed E-state index contributed by atoms with van der Waals surface area (Å²) in [6.45, 7) is 4.43. The number of phosphoric acid groups is 2. The van der Waals surface area contributed by atoms with Crippen molar-refractivity contribution < 1.29 is 80.2 Å². The number of allylic oxidation sites excluding steroid dienone is 21. The van der Waals surface area contributed by atoms with Crippen LogP contribution in [0.2, 0.25) is 0 Å². The summed E-state index contributed by atoms with van der Waals surface area (Å²) in [5.41, 5.74) is 0. The Labute approximate surface area is 593 Å². The van der Waals surface area contributed by atoms with Gasteiger partial charge in [0.2, 0.25) is 0 Å². The second-order valence-corrected chi connectivity index (χ2v) is 27.4. The van der Waals surface area contributed by atoms with E-state index in [9.17, 15) is 43.2 Å². The van der Waals surface area contributed by atoms with Crippen LogP contribution in [0.1, 0.15) is 285 Å². The van der Waals surface area contributed by atoms with Gasteiger partial charge in [-0.3, -0.25) is 37.3 Å². The summed E-state index contributed by atoms with van der Waals surface area (Å²) >= 11 is 0. The first-order valence-corrected chi connectivity index (χ1v) is 40.4.